The van der Waals surface area contributed by atoms with E-state index in [0.29, 0.717) is 10.8 Å². The van der Waals surface area contributed by atoms with Crippen LogP contribution in [0.2, 0.25) is 0 Å². The molecule has 152 valence electrons. The lowest BCUT2D eigenvalue weighted by atomic mass is 10.0. The first kappa shape index (κ1) is 20.5. The zero-order valence-corrected chi connectivity index (χ0v) is 17.4. The molecule has 3 heterocycles. The quantitative estimate of drug-likeness (QED) is 0.404. The fourth-order valence-electron chi connectivity index (χ4n) is 3.39. The summed E-state index contributed by atoms with van der Waals surface area (Å²) in [4.78, 5) is 36.4. The Kier molecular flexibility index (Phi) is 6.19. The Balaban J connectivity index is 1.98. The second-order valence-corrected chi connectivity index (χ2v) is 7.41. The number of hydrogen-bond acceptors (Lipinski definition) is 9. The number of rotatable bonds is 6. The van der Waals surface area contributed by atoms with Gasteiger partial charge in [0, 0.05) is 19.8 Å². The largest absolute Gasteiger partial charge is 0.463 e. The standard InChI is InChI=1S/C18H24N4O5S/c1-6-12-14-16(21-18(20-12)28-5)22(8-19-14)17-9(2)15(26-11(4)24)13(27-17)7-25-10(3)23/h8-9,13,15,17H,6-7H2,1-5H3/t9-,13-,15+,17-/m1/s1. The summed E-state index contributed by atoms with van der Waals surface area (Å²) in [5, 5.41) is 0.657. The van der Waals surface area contributed by atoms with E-state index in [0.717, 1.165) is 17.6 Å². The molecule has 9 nitrogen and oxygen atoms in total. The van der Waals surface area contributed by atoms with Crippen molar-refractivity contribution in [3.8, 4) is 0 Å². The monoisotopic (exact) mass is 408 g/mol. The molecule has 0 bridgehead atoms. The molecule has 0 spiro atoms. The molecule has 1 aliphatic rings. The zero-order valence-electron chi connectivity index (χ0n) is 16.5. The van der Waals surface area contributed by atoms with Gasteiger partial charge in [0.2, 0.25) is 0 Å². The fourth-order valence-corrected chi connectivity index (χ4v) is 3.76. The Bertz CT molecular complexity index is 886. The minimum Gasteiger partial charge on any atom is -0.463 e. The first-order valence-corrected chi connectivity index (χ1v) is 10.3. The Hall–Kier alpha value is -2.20. The summed E-state index contributed by atoms with van der Waals surface area (Å²) in [5.41, 5.74) is 2.26. The molecular weight excluding hydrogens is 384 g/mol. The van der Waals surface area contributed by atoms with Crippen molar-refractivity contribution >= 4 is 34.9 Å². The average molecular weight is 408 g/mol. The van der Waals surface area contributed by atoms with Crippen LogP contribution in [0.3, 0.4) is 0 Å². The summed E-state index contributed by atoms with van der Waals surface area (Å²) < 4.78 is 18.6. The van der Waals surface area contributed by atoms with Crippen molar-refractivity contribution in [3.63, 3.8) is 0 Å². The van der Waals surface area contributed by atoms with Crippen LogP contribution in [0, 0.1) is 5.92 Å². The van der Waals surface area contributed by atoms with Crippen LogP contribution in [0.25, 0.3) is 11.2 Å². The van der Waals surface area contributed by atoms with Crippen LogP contribution in [0.5, 0.6) is 0 Å². The Morgan fingerprint density at radius 1 is 1.29 bits per heavy atom. The Labute approximate surface area is 167 Å². The van der Waals surface area contributed by atoms with Gasteiger partial charge in [-0.05, 0) is 12.7 Å². The molecule has 2 aromatic rings. The molecule has 0 amide bonds. The van der Waals surface area contributed by atoms with E-state index in [4.69, 9.17) is 14.2 Å². The second kappa shape index (κ2) is 8.44. The highest BCUT2D eigenvalue weighted by Gasteiger charge is 2.46. The number of hydrogen-bond donors (Lipinski definition) is 0. The van der Waals surface area contributed by atoms with Crippen LogP contribution >= 0.6 is 11.8 Å². The van der Waals surface area contributed by atoms with Gasteiger partial charge < -0.3 is 14.2 Å². The van der Waals surface area contributed by atoms with Crippen LogP contribution in [0.1, 0.15) is 39.6 Å². The van der Waals surface area contributed by atoms with Crippen LogP contribution in [-0.4, -0.2) is 56.5 Å². The molecule has 28 heavy (non-hydrogen) atoms. The van der Waals surface area contributed by atoms with Gasteiger partial charge in [-0.2, -0.15) is 0 Å². The highest BCUT2D eigenvalue weighted by atomic mass is 32.2. The number of nitrogens with zero attached hydrogens (tertiary/aromatic N) is 4. The number of imidazole rings is 1. The van der Waals surface area contributed by atoms with E-state index in [-0.39, 0.29) is 12.5 Å². The second-order valence-electron chi connectivity index (χ2n) is 6.64. The summed E-state index contributed by atoms with van der Waals surface area (Å²) in [6, 6.07) is 0. The minimum absolute atomic E-state index is 0.00596. The SMILES string of the molecule is CCc1nc(SC)nc2c1ncn2[C@@H]1O[C@H](COC(C)=O)[C@@H](OC(C)=O)[C@H]1C. The van der Waals surface area contributed by atoms with Crippen molar-refractivity contribution in [2.24, 2.45) is 5.92 Å². The number of fused-ring (bicyclic) bond motifs is 1. The van der Waals surface area contributed by atoms with Crippen molar-refractivity contribution in [2.45, 2.75) is 57.7 Å². The van der Waals surface area contributed by atoms with Gasteiger partial charge in [0.15, 0.2) is 10.8 Å². The molecule has 0 aliphatic carbocycles. The number of aryl methyl sites for hydroxylation is 1. The van der Waals surface area contributed by atoms with Gasteiger partial charge in [-0.25, -0.2) is 15.0 Å². The predicted molar refractivity (Wildman–Crippen MR) is 102 cm³/mol. The molecule has 3 rings (SSSR count). The van der Waals surface area contributed by atoms with Gasteiger partial charge >= 0.3 is 11.9 Å². The van der Waals surface area contributed by atoms with E-state index in [9.17, 15) is 9.59 Å². The summed E-state index contributed by atoms with van der Waals surface area (Å²) in [6.45, 7) is 6.63. The minimum atomic E-state index is -0.572. The van der Waals surface area contributed by atoms with Crippen molar-refractivity contribution in [1.29, 1.82) is 0 Å². The van der Waals surface area contributed by atoms with Crippen LogP contribution < -0.4 is 0 Å². The number of carbonyl (C=O) groups excluding carboxylic acids is 2. The lowest BCUT2D eigenvalue weighted by Crippen LogP contribution is -2.34. The molecule has 0 aromatic carbocycles. The molecule has 1 aliphatic heterocycles. The normalized spacial score (nSPS) is 24.5. The molecule has 0 saturated carbocycles. The van der Waals surface area contributed by atoms with Crippen LogP contribution in [-0.2, 0) is 30.2 Å². The maximum absolute atomic E-state index is 11.6. The number of carbonyl (C=O) groups is 2. The molecule has 0 radical (unpaired) electrons. The molecule has 1 saturated heterocycles. The molecule has 10 heteroatoms. The smallest absolute Gasteiger partial charge is 0.303 e. The number of ether oxygens (including phenoxy) is 3. The van der Waals surface area contributed by atoms with Crippen LogP contribution in [0.15, 0.2) is 11.5 Å². The molecule has 4 atom stereocenters. The summed E-state index contributed by atoms with van der Waals surface area (Å²) in [7, 11) is 0. The maximum atomic E-state index is 11.6. The lowest BCUT2D eigenvalue weighted by Gasteiger charge is -2.20. The van der Waals surface area contributed by atoms with Gasteiger partial charge in [-0.3, -0.25) is 14.2 Å². The van der Waals surface area contributed by atoms with Crippen molar-refractivity contribution in [3.05, 3.63) is 12.0 Å². The van der Waals surface area contributed by atoms with Gasteiger partial charge in [-0.1, -0.05) is 25.6 Å². The van der Waals surface area contributed by atoms with E-state index >= 15 is 0 Å². The van der Waals surface area contributed by atoms with Crippen LogP contribution in [0.4, 0.5) is 0 Å². The van der Waals surface area contributed by atoms with E-state index in [1.54, 1.807) is 6.33 Å². The molecule has 1 fully saturated rings. The first-order valence-electron chi connectivity index (χ1n) is 9.09. The topological polar surface area (TPSA) is 105 Å². The number of aromatic nitrogens is 4. The zero-order chi connectivity index (χ0) is 20.4. The average Bonchev–Trinajstić information content (AvgIpc) is 3.20. The third-order valence-electron chi connectivity index (χ3n) is 4.67. The molecule has 2 aromatic heterocycles. The predicted octanol–water partition coefficient (Wildman–Crippen LogP) is 2.14. The number of esters is 2. The fraction of sp³-hybridized carbons (Fsp3) is 0.611. The van der Waals surface area contributed by atoms with E-state index in [1.807, 2.05) is 24.7 Å². The van der Waals surface area contributed by atoms with Crippen molar-refractivity contribution in [2.75, 3.05) is 12.9 Å². The third-order valence-corrected chi connectivity index (χ3v) is 5.21. The van der Waals surface area contributed by atoms with Crippen molar-refractivity contribution < 1.29 is 23.8 Å². The third kappa shape index (κ3) is 3.97. The molecular formula is C18H24N4O5S. The van der Waals surface area contributed by atoms with Gasteiger partial charge in [0.25, 0.3) is 0 Å². The summed E-state index contributed by atoms with van der Waals surface area (Å²) in [5.74, 6) is -1.02. The van der Waals surface area contributed by atoms with Crippen molar-refractivity contribution in [1.82, 2.24) is 19.5 Å². The number of thioether (sulfide) groups is 1. The van der Waals surface area contributed by atoms with Gasteiger partial charge in [-0.15, -0.1) is 0 Å². The lowest BCUT2D eigenvalue weighted by molar-refractivity contribution is -0.156. The highest BCUT2D eigenvalue weighted by molar-refractivity contribution is 7.98. The Morgan fingerprint density at radius 2 is 2.04 bits per heavy atom. The van der Waals surface area contributed by atoms with Gasteiger partial charge in [0.05, 0.1) is 12.0 Å². The summed E-state index contributed by atoms with van der Waals surface area (Å²) >= 11 is 1.46. The molecule has 0 unspecified atom stereocenters. The molecule has 0 N–H and O–H groups in total. The first-order chi connectivity index (χ1) is 13.3. The highest BCUT2D eigenvalue weighted by Crippen LogP contribution is 2.38. The van der Waals surface area contributed by atoms with E-state index in [1.165, 1.54) is 25.6 Å². The summed E-state index contributed by atoms with van der Waals surface area (Å²) in [6.07, 6.45) is 2.73. The maximum Gasteiger partial charge on any atom is 0.303 e. The van der Waals surface area contributed by atoms with E-state index < -0.39 is 30.4 Å². The van der Waals surface area contributed by atoms with E-state index in [2.05, 4.69) is 15.0 Å². The van der Waals surface area contributed by atoms with Gasteiger partial charge in [0.1, 0.15) is 30.6 Å². The Morgan fingerprint density at radius 3 is 2.64 bits per heavy atom.